The largest absolute Gasteiger partial charge is 0.444 e. The molecule has 0 bridgehead atoms. The third-order valence-electron chi connectivity index (χ3n) is 3.58. The third kappa shape index (κ3) is 1.70. The summed E-state index contributed by atoms with van der Waals surface area (Å²) in [5.74, 6) is 0.621. The molecule has 2 unspecified atom stereocenters. The Morgan fingerprint density at radius 1 is 1.50 bits per heavy atom. The van der Waals surface area contributed by atoms with Gasteiger partial charge in [0.25, 0.3) is 0 Å². The molecule has 2 aliphatic rings. The van der Waals surface area contributed by atoms with Gasteiger partial charge in [0, 0.05) is 24.9 Å². The number of ketones is 1. The van der Waals surface area contributed by atoms with Crippen molar-refractivity contribution in [3.63, 3.8) is 0 Å². The lowest BCUT2D eigenvalue weighted by molar-refractivity contribution is -0.140. The predicted octanol–water partition coefficient (Wildman–Crippen LogP) is 1.83. The number of Topliss-reactive ketones (excluding diaryl/α,β-unsaturated/α-hetero) is 1. The quantitative estimate of drug-likeness (QED) is 0.632. The molecule has 1 saturated heterocycles. The molecule has 2 fully saturated rings. The fraction of sp³-hybridized carbons (Fsp3) is 0.833. The monoisotopic (exact) mass is 225 g/mol. The summed E-state index contributed by atoms with van der Waals surface area (Å²) < 4.78 is 5.30. The van der Waals surface area contributed by atoms with Crippen molar-refractivity contribution in [2.75, 3.05) is 13.1 Å². The molecule has 2 atom stereocenters. The van der Waals surface area contributed by atoms with Crippen LogP contribution in [0.5, 0.6) is 0 Å². The maximum Gasteiger partial charge on any atom is 0.410 e. The Bertz CT molecular complexity index is 345. The second kappa shape index (κ2) is 3.22. The molecule has 0 spiro atoms. The lowest BCUT2D eigenvalue weighted by Gasteiger charge is -2.38. The maximum atomic E-state index is 11.8. The Labute approximate surface area is 95.9 Å². The summed E-state index contributed by atoms with van der Waals surface area (Å²) in [6, 6.07) is 0. The van der Waals surface area contributed by atoms with Gasteiger partial charge in [0.1, 0.15) is 11.4 Å². The van der Waals surface area contributed by atoms with Crippen LogP contribution < -0.4 is 0 Å². The molecule has 0 aromatic heterocycles. The van der Waals surface area contributed by atoms with Crippen LogP contribution in [0.2, 0.25) is 0 Å². The summed E-state index contributed by atoms with van der Waals surface area (Å²) in [7, 11) is 0. The zero-order valence-corrected chi connectivity index (χ0v) is 10.4. The Balaban J connectivity index is 1.99. The molecule has 0 radical (unpaired) electrons. The Kier molecular flexibility index (Phi) is 2.30. The summed E-state index contributed by atoms with van der Waals surface area (Å²) in [6.45, 7) is 8.68. The van der Waals surface area contributed by atoms with Crippen LogP contribution in [0.15, 0.2) is 0 Å². The number of likely N-dealkylation sites (tertiary alicyclic amines) is 1. The number of nitrogens with zero attached hydrogens (tertiary/aromatic N) is 1. The smallest absolute Gasteiger partial charge is 0.410 e. The predicted molar refractivity (Wildman–Crippen MR) is 59.0 cm³/mol. The normalized spacial score (nSPS) is 33.4. The van der Waals surface area contributed by atoms with Gasteiger partial charge < -0.3 is 9.64 Å². The van der Waals surface area contributed by atoms with Gasteiger partial charge in [-0.05, 0) is 26.7 Å². The zero-order valence-electron chi connectivity index (χ0n) is 10.4. The molecular formula is C12H19NO3. The zero-order chi connectivity index (χ0) is 12.1. The first-order chi connectivity index (χ1) is 7.22. The van der Waals surface area contributed by atoms with E-state index >= 15 is 0 Å². The van der Waals surface area contributed by atoms with Crippen LogP contribution in [-0.4, -0.2) is 35.5 Å². The fourth-order valence-corrected chi connectivity index (χ4v) is 2.45. The van der Waals surface area contributed by atoms with Gasteiger partial charge in [0.15, 0.2) is 0 Å². The van der Waals surface area contributed by atoms with E-state index in [9.17, 15) is 9.59 Å². The summed E-state index contributed by atoms with van der Waals surface area (Å²) >= 11 is 0. The van der Waals surface area contributed by atoms with Crippen LogP contribution in [0, 0.1) is 11.3 Å². The molecule has 0 aromatic carbocycles. The van der Waals surface area contributed by atoms with Gasteiger partial charge in [-0.3, -0.25) is 4.79 Å². The van der Waals surface area contributed by atoms with Gasteiger partial charge in [-0.2, -0.15) is 0 Å². The number of carbonyl (C=O) groups is 2. The second-order valence-corrected chi connectivity index (χ2v) is 6.10. The van der Waals surface area contributed by atoms with Gasteiger partial charge in [-0.15, -0.1) is 0 Å². The van der Waals surface area contributed by atoms with Crippen molar-refractivity contribution in [1.82, 2.24) is 4.90 Å². The highest BCUT2D eigenvalue weighted by molar-refractivity contribution is 5.92. The molecule has 0 aromatic rings. The van der Waals surface area contributed by atoms with E-state index < -0.39 is 5.60 Å². The van der Waals surface area contributed by atoms with Crippen LogP contribution >= 0.6 is 0 Å². The number of hydrogen-bond acceptors (Lipinski definition) is 3. The fourth-order valence-electron chi connectivity index (χ4n) is 2.45. The average Bonchev–Trinajstić information content (AvgIpc) is 2.38. The van der Waals surface area contributed by atoms with Gasteiger partial charge in [0.2, 0.25) is 0 Å². The maximum absolute atomic E-state index is 11.8. The van der Waals surface area contributed by atoms with Crippen LogP contribution in [-0.2, 0) is 9.53 Å². The molecule has 90 valence electrons. The summed E-state index contributed by atoms with van der Waals surface area (Å²) in [6.07, 6.45) is 0.325. The van der Waals surface area contributed by atoms with Crippen molar-refractivity contribution in [3.05, 3.63) is 0 Å². The molecule has 0 N–H and O–H groups in total. The Morgan fingerprint density at radius 3 is 2.56 bits per heavy atom. The molecule has 2 rings (SSSR count). The van der Waals surface area contributed by atoms with E-state index in [-0.39, 0.29) is 17.3 Å². The Morgan fingerprint density at radius 2 is 2.12 bits per heavy atom. The van der Waals surface area contributed by atoms with E-state index in [1.807, 2.05) is 27.7 Å². The number of ether oxygens (including phenoxy) is 1. The molecule has 1 aliphatic heterocycles. The summed E-state index contributed by atoms with van der Waals surface area (Å²) in [5.41, 5.74) is -0.763. The van der Waals surface area contributed by atoms with E-state index in [2.05, 4.69) is 0 Å². The number of rotatable bonds is 0. The average molecular weight is 225 g/mol. The highest BCUT2D eigenvalue weighted by atomic mass is 16.6. The van der Waals surface area contributed by atoms with E-state index in [0.717, 1.165) is 0 Å². The van der Waals surface area contributed by atoms with Gasteiger partial charge in [-0.1, -0.05) is 6.92 Å². The molecule has 1 aliphatic carbocycles. The first-order valence-corrected chi connectivity index (χ1v) is 5.73. The SMILES string of the molecule is CC(C)(C)OC(=O)N1CC2CC(=O)C2(C)C1. The van der Waals surface area contributed by atoms with Crippen molar-refractivity contribution in [2.45, 2.75) is 39.7 Å². The second-order valence-electron chi connectivity index (χ2n) is 6.10. The minimum atomic E-state index is -0.469. The lowest BCUT2D eigenvalue weighted by Crippen LogP contribution is -2.47. The molecular weight excluding hydrogens is 206 g/mol. The molecule has 4 heteroatoms. The number of hydrogen-bond donors (Lipinski definition) is 0. The first-order valence-electron chi connectivity index (χ1n) is 5.73. The number of carbonyl (C=O) groups excluding carboxylic acids is 2. The van der Waals surface area contributed by atoms with E-state index in [0.29, 0.717) is 25.4 Å². The highest BCUT2D eigenvalue weighted by Crippen LogP contribution is 2.48. The molecule has 16 heavy (non-hydrogen) atoms. The summed E-state index contributed by atoms with van der Waals surface area (Å²) in [4.78, 5) is 25.0. The van der Waals surface area contributed by atoms with Crippen molar-refractivity contribution in [2.24, 2.45) is 11.3 Å². The van der Waals surface area contributed by atoms with Gasteiger partial charge >= 0.3 is 6.09 Å². The highest BCUT2D eigenvalue weighted by Gasteiger charge is 2.57. The number of amides is 1. The van der Waals surface area contributed by atoms with E-state index in [1.54, 1.807) is 4.90 Å². The first kappa shape index (κ1) is 11.4. The van der Waals surface area contributed by atoms with Crippen molar-refractivity contribution in [1.29, 1.82) is 0 Å². The summed E-state index contributed by atoms with van der Waals surface area (Å²) in [5, 5.41) is 0. The molecule has 1 saturated carbocycles. The van der Waals surface area contributed by atoms with Gasteiger partial charge in [-0.25, -0.2) is 4.79 Å². The van der Waals surface area contributed by atoms with Crippen LogP contribution in [0.1, 0.15) is 34.1 Å². The third-order valence-corrected chi connectivity index (χ3v) is 3.58. The molecule has 1 heterocycles. The van der Waals surface area contributed by atoms with Crippen molar-refractivity contribution in [3.8, 4) is 0 Å². The van der Waals surface area contributed by atoms with E-state index in [1.165, 1.54) is 0 Å². The molecule has 1 amide bonds. The van der Waals surface area contributed by atoms with Crippen molar-refractivity contribution >= 4 is 11.9 Å². The van der Waals surface area contributed by atoms with Crippen LogP contribution in [0.3, 0.4) is 0 Å². The van der Waals surface area contributed by atoms with Crippen molar-refractivity contribution < 1.29 is 14.3 Å². The van der Waals surface area contributed by atoms with E-state index in [4.69, 9.17) is 4.74 Å². The topological polar surface area (TPSA) is 46.6 Å². The molecule has 4 nitrogen and oxygen atoms in total. The van der Waals surface area contributed by atoms with Crippen LogP contribution in [0.25, 0.3) is 0 Å². The van der Waals surface area contributed by atoms with Crippen LogP contribution in [0.4, 0.5) is 4.79 Å². The lowest BCUT2D eigenvalue weighted by atomic mass is 9.62. The Hall–Kier alpha value is -1.06. The minimum absolute atomic E-state index is 0.281. The number of fused-ring (bicyclic) bond motifs is 1. The standard InChI is InChI=1S/C12H19NO3/c1-11(2,3)16-10(15)13-6-8-5-9(14)12(8,4)7-13/h8H,5-7H2,1-4H3. The van der Waals surface area contributed by atoms with Gasteiger partial charge in [0.05, 0.1) is 0 Å². The minimum Gasteiger partial charge on any atom is -0.444 e.